The summed E-state index contributed by atoms with van der Waals surface area (Å²) in [5.74, 6) is -1.75. The lowest BCUT2D eigenvalue weighted by atomic mass is 9.91. The molecule has 2 N–H and O–H groups in total. The van der Waals surface area contributed by atoms with Crippen molar-refractivity contribution < 1.29 is 15.0 Å². The number of halogens is 1. The van der Waals surface area contributed by atoms with Gasteiger partial charge in [-0.3, -0.25) is 4.79 Å². The molecule has 4 heteroatoms. The van der Waals surface area contributed by atoms with E-state index < -0.39 is 18.0 Å². The third-order valence-electron chi connectivity index (χ3n) is 2.84. The molecule has 0 aliphatic rings. The lowest BCUT2D eigenvalue weighted by molar-refractivity contribution is -0.146. The first kappa shape index (κ1) is 14.0. The predicted molar refractivity (Wildman–Crippen MR) is 67.2 cm³/mol. The van der Waals surface area contributed by atoms with E-state index in [4.69, 9.17) is 16.7 Å². The second-order valence-electron chi connectivity index (χ2n) is 4.19. The number of aliphatic hydroxyl groups excluding tert-OH is 1. The number of carboxylic acid groups (broad SMARTS) is 1. The van der Waals surface area contributed by atoms with Crippen molar-refractivity contribution in [2.24, 2.45) is 5.92 Å². The van der Waals surface area contributed by atoms with Crippen LogP contribution in [0, 0.1) is 12.8 Å². The van der Waals surface area contributed by atoms with Crippen LogP contribution in [0.2, 0.25) is 5.02 Å². The molecule has 2 unspecified atom stereocenters. The Hall–Kier alpha value is -1.06. The quantitative estimate of drug-likeness (QED) is 0.851. The highest BCUT2D eigenvalue weighted by Gasteiger charge is 2.27. The molecule has 0 aliphatic heterocycles. The van der Waals surface area contributed by atoms with Crippen molar-refractivity contribution in [1.29, 1.82) is 0 Å². The molecule has 17 heavy (non-hydrogen) atoms. The van der Waals surface area contributed by atoms with Gasteiger partial charge in [0.1, 0.15) is 0 Å². The van der Waals surface area contributed by atoms with Gasteiger partial charge in [-0.2, -0.15) is 0 Å². The van der Waals surface area contributed by atoms with Crippen molar-refractivity contribution >= 4 is 17.6 Å². The molecule has 0 spiro atoms. The highest BCUT2D eigenvalue weighted by Crippen LogP contribution is 2.29. The Morgan fingerprint density at radius 3 is 2.59 bits per heavy atom. The minimum absolute atomic E-state index is 0.446. The fourth-order valence-corrected chi connectivity index (χ4v) is 1.94. The molecule has 0 heterocycles. The first-order chi connectivity index (χ1) is 7.97. The lowest BCUT2D eigenvalue weighted by Gasteiger charge is -2.19. The van der Waals surface area contributed by atoms with E-state index in [0.717, 1.165) is 5.56 Å². The van der Waals surface area contributed by atoms with Crippen LogP contribution in [0.4, 0.5) is 0 Å². The maximum Gasteiger partial charge on any atom is 0.309 e. The van der Waals surface area contributed by atoms with E-state index in [1.165, 1.54) is 0 Å². The number of carbonyl (C=O) groups is 1. The second kappa shape index (κ2) is 6.03. The number of aliphatic hydroxyl groups is 1. The normalized spacial score (nSPS) is 14.4. The standard InChI is InChI=1S/C13H17ClO3/c1-3-4-10(13(16)17)12(15)9-6-5-8(2)11(14)7-9/h5-7,10,12,15H,3-4H2,1-2H3,(H,16,17). The SMILES string of the molecule is CCCC(C(=O)O)C(O)c1ccc(C)c(Cl)c1. The molecule has 0 fully saturated rings. The van der Waals surface area contributed by atoms with E-state index in [-0.39, 0.29) is 0 Å². The van der Waals surface area contributed by atoms with Crippen LogP contribution in [0.15, 0.2) is 18.2 Å². The third kappa shape index (κ3) is 3.45. The Labute approximate surface area is 106 Å². The molecular weight excluding hydrogens is 240 g/mol. The summed E-state index contributed by atoms with van der Waals surface area (Å²) in [5, 5.41) is 19.7. The van der Waals surface area contributed by atoms with Crippen molar-refractivity contribution in [2.45, 2.75) is 32.8 Å². The van der Waals surface area contributed by atoms with Crippen LogP contribution in [0.1, 0.15) is 37.0 Å². The van der Waals surface area contributed by atoms with Crippen molar-refractivity contribution in [1.82, 2.24) is 0 Å². The van der Waals surface area contributed by atoms with Gasteiger partial charge < -0.3 is 10.2 Å². The summed E-state index contributed by atoms with van der Waals surface area (Å²) in [4.78, 5) is 11.1. The number of benzene rings is 1. The molecule has 0 saturated carbocycles. The Balaban J connectivity index is 2.96. The number of carboxylic acids is 1. The van der Waals surface area contributed by atoms with Crippen LogP contribution in [-0.2, 0) is 4.79 Å². The summed E-state index contributed by atoms with van der Waals surface area (Å²) < 4.78 is 0. The largest absolute Gasteiger partial charge is 0.481 e. The molecule has 3 nitrogen and oxygen atoms in total. The molecule has 1 aromatic carbocycles. The number of aliphatic carboxylic acids is 1. The average Bonchev–Trinajstić information content (AvgIpc) is 2.28. The topological polar surface area (TPSA) is 57.5 Å². The van der Waals surface area contributed by atoms with Gasteiger partial charge in [0.05, 0.1) is 12.0 Å². The van der Waals surface area contributed by atoms with Gasteiger partial charge in [0.25, 0.3) is 0 Å². The summed E-state index contributed by atoms with van der Waals surface area (Å²) in [7, 11) is 0. The second-order valence-corrected chi connectivity index (χ2v) is 4.59. The van der Waals surface area contributed by atoms with Crippen LogP contribution >= 0.6 is 11.6 Å². The first-order valence-electron chi connectivity index (χ1n) is 5.64. The smallest absolute Gasteiger partial charge is 0.309 e. The number of rotatable bonds is 5. The predicted octanol–water partition coefficient (Wildman–Crippen LogP) is 3.18. The van der Waals surface area contributed by atoms with Gasteiger partial charge in [0, 0.05) is 5.02 Å². The molecular formula is C13H17ClO3. The lowest BCUT2D eigenvalue weighted by Crippen LogP contribution is -2.21. The van der Waals surface area contributed by atoms with Gasteiger partial charge in [0.15, 0.2) is 0 Å². The number of hydrogen-bond acceptors (Lipinski definition) is 2. The monoisotopic (exact) mass is 256 g/mol. The minimum Gasteiger partial charge on any atom is -0.481 e. The van der Waals surface area contributed by atoms with Crippen LogP contribution in [0.25, 0.3) is 0 Å². The van der Waals surface area contributed by atoms with E-state index in [1.54, 1.807) is 18.2 Å². The third-order valence-corrected chi connectivity index (χ3v) is 3.24. The number of hydrogen-bond donors (Lipinski definition) is 2. The van der Waals surface area contributed by atoms with Crippen LogP contribution in [-0.4, -0.2) is 16.2 Å². The maximum atomic E-state index is 11.1. The molecule has 2 atom stereocenters. The fourth-order valence-electron chi connectivity index (χ4n) is 1.75. The zero-order chi connectivity index (χ0) is 13.0. The summed E-state index contributed by atoms with van der Waals surface area (Å²) in [6.45, 7) is 3.75. The van der Waals surface area contributed by atoms with Gasteiger partial charge >= 0.3 is 5.97 Å². The Morgan fingerprint density at radius 2 is 2.12 bits per heavy atom. The van der Waals surface area contributed by atoms with Gasteiger partial charge in [-0.05, 0) is 30.5 Å². The molecule has 1 aromatic rings. The van der Waals surface area contributed by atoms with Crippen molar-refractivity contribution in [3.63, 3.8) is 0 Å². The molecule has 0 radical (unpaired) electrons. The summed E-state index contributed by atoms with van der Waals surface area (Å²) >= 11 is 5.96. The van der Waals surface area contributed by atoms with Gasteiger partial charge in [-0.15, -0.1) is 0 Å². The zero-order valence-corrected chi connectivity index (χ0v) is 10.7. The van der Waals surface area contributed by atoms with E-state index in [9.17, 15) is 9.90 Å². The van der Waals surface area contributed by atoms with Gasteiger partial charge in [-0.1, -0.05) is 37.1 Å². The van der Waals surface area contributed by atoms with Crippen molar-refractivity contribution in [3.05, 3.63) is 34.3 Å². The molecule has 0 amide bonds. The molecule has 0 saturated heterocycles. The van der Waals surface area contributed by atoms with E-state index in [0.29, 0.717) is 23.4 Å². The maximum absolute atomic E-state index is 11.1. The highest BCUT2D eigenvalue weighted by molar-refractivity contribution is 6.31. The van der Waals surface area contributed by atoms with Gasteiger partial charge in [-0.25, -0.2) is 0 Å². The van der Waals surface area contributed by atoms with E-state index in [2.05, 4.69) is 0 Å². The minimum atomic E-state index is -1.01. The first-order valence-corrected chi connectivity index (χ1v) is 6.02. The molecule has 94 valence electrons. The highest BCUT2D eigenvalue weighted by atomic mass is 35.5. The Morgan fingerprint density at radius 1 is 1.47 bits per heavy atom. The summed E-state index contributed by atoms with van der Waals surface area (Å²) in [6.07, 6.45) is 0.154. The molecule has 1 rings (SSSR count). The van der Waals surface area contributed by atoms with Crippen LogP contribution in [0.3, 0.4) is 0 Å². The average molecular weight is 257 g/mol. The van der Waals surface area contributed by atoms with Crippen molar-refractivity contribution in [3.8, 4) is 0 Å². The zero-order valence-electron chi connectivity index (χ0n) is 9.98. The molecule has 0 aliphatic carbocycles. The summed E-state index contributed by atoms with van der Waals surface area (Å²) in [6, 6.07) is 5.14. The fraction of sp³-hybridized carbons (Fsp3) is 0.462. The van der Waals surface area contributed by atoms with Crippen molar-refractivity contribution in [2.75, 3.05) is 0 Å². The van der Waals surface area contributed by atoms with E-state index >= 15 is 0 Å². The van der Waals surface area contributed by atoms with E-state index in [1.807, 2.05) is 13.8 Å². The number of aryl methyl sites for hydroxylation is 1. The van der Waals surface area contributed by atoms with Crippen LogP contribution < -0.4 is 0 Å². The van der Waals surface area contributed by atoms with Crippen LogP contribution in [0.5, 0.6) is 0 Å². The Bertz CT molecular complexity index is 404. The molecule has 0 bridgehead atoms. The molecule has 0 aromatic heterocycles. The van der Waals surface area contributed by atoms with Gasteiger partial charge in [0.2, 0.25) is 0 Å². The Kier molecular flexibility index (Phi) is 4.97. The summed E-state index contributed by atoms with van der Waals surface area (Å²) in [5.41, 5.74) is 1.46.